The van der Waals surface area contributed by atoms with Crippen molar-refractivity contribution in [2.75, 3.05) is 6.61 Å². The number of carbonyl (C=O) groups is 2. The van der Waals surface area contributed by atoms with E-state index in [0.29, 0.717) is 0 Å². The second kappa shape index (κ2) is 2.21. The van der Waals surface area contributed by atoms with Crippen LogP contribution in [0.4, 0.5) is 0 Å². The van der Waals surface area contributed by atoms with Gasteiger partial charge in [0.2, 0.25) is 0 Å². The smallest absolute Gasteiger partial charge is 0.326 e. The van der Waals surface area contributed by atoms with Gasteiger partial charge in [0, 0.05) is 5.92 Å². The maximum Gasteiger partial charge on any atom is 0.326 e. The summed E-state index contributed by atoms with van der Waals surface area (Å²) in [5.41, 5.74) is 4.02. The molecule has 0 aromatic carbocycles. The molecule has 13 heavy (non-hydrogen) atoms. The molecule has 1 aliphatic heterocycles. The van der Waals surface area contributed by atoms with Crippen molar-refractivity contribution in [3.8, 4) is 0 Å². The normalized spacial score (nSPS) is 47.0. The van der Waals surface area contributed by atoms with Crippen molar-refractivity contribution in [2.24, 2.45) is 17.6 Å². The lowest BCUT2D eigenvalue weighted by Crippen LogP contribution is -2.52. The number of rotatable bonds is 2. The van der Waals surface area contributed by atoms with Crippen LogP contribution in [-0.2, 0) is 14.3 Å². The third kappa shape index (κ3) is 0.895. The van der Waals surface area contributed by atoms with Crippen LogP contribution in [0.2, 0.25) is 0 Å². The lowest BCUT2D eigenvalue weighted by Gasteiger charge is -2.19. The second-order valence-corrected chi connectivity index (χ2v) is 3.51. The van der Waals surface area contributed by atoms with E-state index in [0.717, 1.165) is 0 Å². The van der Waals surface area contributed by atoms with E-state index in [2.05, 4.69) is 0 Å². The number of fused-ring (bicyclic) bond motifs is 1. The highest BCUT2D eigenvalue weighted by atomic mass is 16.5. The van der Waals surface area contributed by atoms with Gasteiger partial charge in [-0.1, -0.05) is 0 Å². The molecular weight excluding hydrogens is 178 g/mol. The average molecular weight is 187 g/mol. The monoisotopic (exact) mass is 187 g/mol. The molecule has 2 rings (SSSR count). The summed E-state index contributed by atoms with van der Waals surface area (Å²) in [6.45, 7) is -0.0958. The molecule has 3 unspecified atom stereocenters. The standard InChI is InChI=1S/C7H9NO5/c8-7(6(11)12)1-13-4-2(3(4)7)5(9)10/h2-4H,1,8H2,(H,9,10)(H,11,12)/t2?,3?,4-,7?/m0/s1. The summed E-state index contributed by atoms with van der Waals surface area (Å²) in [5, 5.41) is 17.4. The molecule has 0 aromatic heterocycles. The molecule has 4 N–H and O–H groups in total. The van der Waals surface area contributed by atoms with Gasteiger partial charge in [-0.2, -0.15) is 0 Å². The Hall–Kier alpha value is -1.14. The highest BCUT2D eigenvalue weighted by molar-refractivity contribution is 5.85. The fraction of sp³-hybridized carbons (Fsp3) is 0.714. The van der Waals surface area contributed by atoms with Gasteiger partial charge in [-0.05, 0) is 0 Å². The maximum absolute atomic E-state index is 10.7. The van der Waals surface area contributed by atoms with E-state index in [4.69, 9.17) is 20.7 Å². The van der Waals surface area contributed by atoms with Gasteiger partial charge in [-0.3, -0.25) is 9.59 Å². The molecule has 0 aromatic rings. The van der Waals surface area contributed by atoms with Crippen LogP contribution in [-0.4, -0.2) is 40.4 Å². The number of ether oxygens (including phenoxy) is 1. The lowest BCUT2D eigenvalue weighted by atomic mass is 9.95. The molecule has 0 bridgehead atoms. The van der Waals surface area contributed by atoms with Crippen molar-refractivity contribution in [3.05, 3.63) is 0 Å². The van der Waals surface area contributed by atoms with Gasteiger partial charge < -0.3 is 20.7 Å². The summed E-state index contributed by atoms with van der Waals surface area (Å²) < 4.78 is 4.99. The molecule has 4 atom stereocenters. The van der Waals surface area contributed by atoms with Crippen molar-refractivity contribution in [1.29, 1.82) is 0 Å². The number of nitrogens with two attached hydrogens (primary N) is 1. The summed E-state index contributed by atoms with van der Waals surface area (Å²) >= 11 is 0. The minimum atomic E-state index is -1.51. The number of carboxylic acids is 2. The molecular formula is C7H9NO5. The van der Waals surface area contributed by atoms with E-state index in [1.54, 1.807) is 0 Å². The molecule has 2 fully saturated rings. The third-order valence-corrected chi connectivity index (χ3v) is 2.75. The van der Waals surface area contributed by atoms with Crippen LogP contribution in [0.5, 0.6) is 0 Å². The summed E-state index contributed by atoms with van der Waals surface area (Å²) in [7, 11) is 0. The van der Waals surface area contributed by atoms with E-state index in [-0.39, 0.29) is 6.61 Å². The van der Waals surface area contributed by atoms with Gasteiger partial charge in [0.25, 0.3) is 0 Å². The zero-order valence-corrected chi connectivity index (χ0v) is 6.64. The Balaban J connectivity index is 2.20. The van der Waals surface area contributed by atoms with E-state index in [9.17, 15) is 9.59 Å². The number of hydrogen-bond donors (Lipinski definition) is 3. The summed E-state index contributed by atoms with van der Waals surface area (Å²) in [4.78, 5) is 21.3. The van der Waals surface area contributed by atoms with Crippen LogP contribution >= 0.6 is 0 Å². The van der Waals surface area contributed by atoms with Gasteiger partial charge in [0.15, 0.2) is 0 Å². The fourth-order valence-corrected chi connectivity index (χ4v) is 1.93. The largest absolute Gasteiger partial charge is 0.481 e. The average Bonchev–Trinajstić information content (AvgIpc) is 2.66. The van der Waals surface area contributed by atoms with E-state index in [1.807, 2.05) is 0 Å². The number of carboxylic acid groups (broad SMARTS) is 2. The first-order valence-corrected chi connectivity index (χ1v) is 3.85. The molecule has 1 aliphatic carbocycles. The SMILES string of the molecule is NC1(C(=O)O)CO[C@H]2C(C(=O)O)C21. The Morgan fingerprint density at radius 3 is 2.46 bits per heavy atom. The Morgan fingerprint density at radius 2 is 2.08 bits per heavy atom. The van der Waals surface area contributed by atoms with Crippen LogP contribution in [0.1, 0.15) is 0 Å². The zero-order chi connectivity index (χ0) is 9.80. The Labute approximate surface area is 73.3 Å². The van der Waals surface area contributed by atoms with Gasteiger partial charge in [-0.15, -0.1) is 0 Å². The van der Waals surface area contributed by atoms with Crippen molar-refractivity contribution >= 4 is 11.9 Å². The molecule has 2 aliphatic rings. The predicted octanol–water partition coefficient (Wildman–Crippen LogP) is -1.50. The van der Waals surface area contributed by atoms with Crippen molar-refractivity contribution in [1.82, 2.24) is 0 Å². The lowest BCUT2D eigenvalue weighted by molar-refractivity contribution is -0.147. The summed E-state index contributed by atoms with van der Waals surface area (Å²) in [5.74, 6) is -3.54. The molecule has 6 heteroatoms. The minimum absolute atomic E-state index is 0.0958. The molecule has 6 nitrogen and oxygen atoms in total. The highest BCUT2D eigenvalue weighted by Crippen LogP contribution is 2.53. The first-order valence-electron chi connectivity index (χ1n) is 3.85. The zero-order valence-electron chi connectivity index (χ0n) is 6.64. The van der Waals surface area contributed by atoms with Crippen LogP contribution < -0.4 is 5.73 Å². The van der Waals surface area contributed by atoms with Crippen molar-refractivity contribution in [3.63, 3.8) is 0 Å². The van der Waals surface area contributed by atoms with E-state index >= 15 is 0 Å². The Kier molecular flexibility index (Phi) is 1.44. The molecule has 0 spiro atoms. The van der Waals surface area contributed by atoms with Crippen LogP contribution in [0, 0.1) is 11.8 Å². The molecule has 1 saturated heterocycles. The molecule has 0 radical (unpaired) electrons. The highest BCUT2D eigenvalue weighted by Gasteiger charge is 2.72. The van der Waals surface area contributed by atoms with Gasteiger partial charge in [0.05, 0.1) is 18.6 Å². The van der Waals surface area contributed by atoms with Crippen LogP contribution in [0.3, 0.4) is 0 Å². The molecule has 0 amide bonds. The van der Waals surface area contributed by atoms with Gasteiger partial charge >= 0.3 is 11.9 Å². The second-order valence-electron chi connectivity index (χ2n) is 3.51. The Bertz CT molecular complexity index is 291. The predicted molar refractivity (Wildman–Crippen MR) is 38.9 cm³/mol. The topological polar surface area (TPSA) is 110 Å². The molecule has 1 saturated carbocycles. The Morgan fingerprint density at radius 1 is 1.46 bits per heavy atom. The fourth-order valence-electron chi connectivity index (χ4n) is 1.93. The van der Waals surface area contributed by atoms with E-state index < -0.39 is 35.4 Å². The first-order chi connectivity index (χ1) is 5.98. The maximum atomic E-state index is 10.7. The summed E-state index contributed by atoms with van der Waals surface area (Å²) in [6, 6.07) is 0. The van der Waals surface area contributed by atoms with Gasteiger partial charge in [-0.25, -0.2) is 0 Å². The minimum Gasteiger partial charge on any atom is -0.481 e. The van der Waals surface area contributed by atoms with Crippen molar-refractivity contribution < 1.29 is 24.5 Å². The quantitative estimate of drug-likeness (QED) is 0.485. The van der Waals surface area contributed by atoms with Crippen molar-refractivity contribution in [2.45, 2.75) is 11.6 Å². The summed E-state index contributed by atoms with van der Waals surface area (Å²) in [6.07, 6.45) is -0.501. The van der Waals surface area contributed by atoms with Gasteiger partial charge in [0.1, 0.15) is 5.54 Å². The third-order valence-electron chi connectivity index (χ3n) is 2.75. The molecule has 72 valence electrons. The number of aliphatic carboxylic acids is 2. The number of hydrogen-bond acceptors (Lipinski definition) is 4. The first kappa shape index (κ1) is 8.46. The van der Waals surface area contributed by atoms with Crippen LogP contribution in [0.15, 0.2) is 0 Å². The van der Waals surface area contributed by atoms with Crippen LogP contribution in [0.25, 0.3) is 0 Å². The molecule has 1 heterocycles. The van der Waals surface area contributed by atoms with E-state index in [1.165, 1.54) is 0 Å².